The van der Waals surface area contributed by atoms with Gasteiger partial charge in [-0.3, -0.25) is 0 Å². The van der Waals surface area contributed by atoms with Crippen molar-refractivity contribution in [2.24, 2.45) is 11.7 Å². The minimum absolute atomic E-state index is 0.588. The van der Waals surface area contributed by atoms with Gasteiger partial charge in [-0.1, -0.05) is 19.9 Å². The fourth-order valence-corrected chi connectivity index (χ4v) is 0.526. The van der Waals surface area contributed by atoms with Crippen molar-refractivity contribution in [2.75, 3.05) is 0 Å². The van der Waals surface area contributed by atoms with Crippen LogP contribution < -0.4 is 5.73 Å². The average molecular weight is 99.2 g/mol. The van der Waals surface area contributed by atoms with Gasteiger partial charge in [-0.2, -0.15) is 0 Å². The van der Waals surface area contributed by atoms with Gasteiger partial charge >= 0.3 is 0 Å². The average Bonchev–Trinajstić information content (AvgIpc) is 1.27. The molecule has 0 amide bonds. The minimum Gasteiger partial charge on any atom is -0.403 e. The highest BCUT2D eigenvalue weighted by Crippen LogP contribution is 1.94. The Morgan fingerprint density at radius 1 is 1.57 bits per heavy atom. The SMILES string of the molecule is C/C(N)=C/C(C)C. The summed E-state index contributed by atoms with van der Waals surface area (Å²) in [6.07, 6.45) is 2.03. The predicted octanol–water partition coefficient (Wildman–Crippen LogP) is 1.50. The number of hydrogen-bond donors (Lipinski definition) is 1. The van der Waals surface area contributed by atoms with E-state index in [0.717, 1.165) is 5.70 Å². The van der Waals surface area contributed by atoms with Crippen molar-refractivity contribution in [3.05, 3.63) is 11.8 Å². The van der Waals surface area contributed by atoms with Gasteiger partial charge in [-0.25, -0.2) is 0 Å². The molecule has 0 rings (SSSR count). The molecule has 1 nitrogen and oxygen atoms in total. The lowest BCUT2D eigenvalue weighted by atomic mass is 10.2. The quantitative estimate of drug-likeness (QED) is 0.529. The van der Waals surface area contributed by atoms with Crippen LogP contribution in [0.1, 0.15) is 20.8 Å². The Balaban J connectivity index is 3.45. The normalized spacial score (nSPS) is 12.9. The van der Waals surface area contributed by atoms with E-state index in [1.54, 1.807) is 0 Å². The van der Waals surface area contributed by atoms with E-state index in [0.29, 0.717) is 5.92 Å². The fraction of sp³-hybridized carbons (Fsp3) is 0.667. The van der Waals surface area contributed by atoms with Gasteiger partial charge in [0.05, 0.1) is 0 Å². The number of hydrogen-bond acceptors (Lipinski definition) is 1. The summed E-state index contributed by atoms with van der Waals surface area (Å²) in [5.74, 6) is 0.588. The van der Waals surface area contributed by atoms with Crippen LogP contribution in [0.15, 0.2) is 11.8 Å². The molecule has 0 aliphatic carbocycles. The third kappa shape index (κ3) is 5.54. The van der Waals surface area contributed by atoms with Crippen molar-refractivity contribution in [2.45, 2.75) is 20.8 Å². The van der Waals surface area contributed by atoms with Crippen LogP contribution in [-0.2, 0) is 0 Å². The Morgan fingerprint density at radius 3 is 2.00 bits per heavy atom. The molecule has 1 heteroatoms. The van der Waals surface area contributed by atoms with Gasteiger partial charge in [-0.05, 0) is 12.8 Å². The van der Waals surface area contributed by atoms with Crippen molar-refractivity contribution in [1.29, 1.82) is 0 Å². The summed E-state index contributed by atoms with van der Waals surface area (Å²) in [5, 5.41) is 0. The lowest BCUT2D eigenvalue weighted by molar-refractivity contribution is 0.819. The topological polar surface area (TPSA) is 26.0 Å². The molecule has 42 valence electrons. The van der Waals surface area contributed by atoms with Crippen LogP contribution in [-0.4, -0.2) is 0 Å². The van der Waals surface area contributed by atoms with Crippen LogP contribution in [0.5, 0.6) is 0 Å². The zero-order valence-corrected chi connectivity index (χ0v) is 5.23. The van der Waals surface area contributed by atoms with Crippen molar-refractivity contribution in [3.8, 4) is 0 Å². The third-order valence-corrected chi connectivity index (χ3v) is 0.596. The molecule has 0 saturated heterocycles. The van der Waals surface area contributed by atoms with E-state index in [-0.39, 0.29) is 0 Å². The maximum Gasteiger partial charge on any atom is 0.00109 e. The van der Waals surface area contributed by atoms with Crippen LogP contribution >= 0.6 is 0 Å². The summed E-state index contributed by atoms with van der Waals surface area (Å²) in [5.41, 5.74) is 6.27. The molecule has 0 saturated carbocycles. The largest absolute Gasteiger partial charge is 0.403 e. The van der Waals surface area contributed by atoms with Crippen molar-refractivity contribution in [3.63, 3.8) is 0 Å². The lowest BCUT2D eigenvalue weighted by Crippen LogP contribution is -1.92. The highest BCUT2D eigenvalue weighted by molar-refractivity contribution is 4.92. The van der Waals surface area contributed by atoms with Crippen molar-refractivity contribution >= 4 is 0 Å². The van der Waals surface area contributed by atoms with Gasteiger partial charge in [0.25, 0.3) is 0 Å². The summed E-state index contributed by atoms with van der Waals surface area (Å²) < 4.78 is 0. The van der Waals surface area contributed by atoms with Gasteiger partial charge in [0.1, 0.15) is 0 Å². The Bertz CT molecular complexity index is 68.2. The molecule has 2 N–H and O–H groups in total. The third-order valence-electron chi connectivity index (χ3n) is 0.596. The first kappa shape index (κ1) is 6.54. The highest BCUT2D eigenvalue weighted by Gasteiger charge is 1.82. The van der Waals surface area contributed by atoms with Gasteiger partial charge in [0.2, 0.25) is 0 Å². The lowest BCUT2D eigenvalue weighted by Gasteiger charge is -1.93. The van der Waals surface area contributed by atoms with Crippen LogP contribution in [0.2, 0.25) is 0 Å². The second-order valence-electron chi connectivity index (χ2n) is 2.15. The van der Waals surface area contributed by atoms with Gasteiger partial charge in [0.15, 0.2) is 0 Å². The van der Waals surface area contributed by atoms with E-state index in [2.05, 4.69) is 13.8 Å². The number of rotatable bonds is 1. The second-order valence-corrected chi connectivity index (χ2v) is 2.15. The van der Waals surface area contributed by atoms with Crippen LogP contribution in [0.25, 0.3) is 0 Å². The molecule has 0 aliphatic rings. The maximum absolute atomic E-state index is 5.35. The molecule has 0 aliphatic heterocycles. The van der Waals surface area contributed by atoms with Gasteiger partial charge < -0.3 is 5.73 Å². The van der Waals surface area contributed by atoms with E-state index >= 15 is 0 Å². The molecule has 0 aromatic carbocycles. The number of nitrogens with two attached hydrogens (primary N) is 1. The highest BCUT2D eigenvalue weighted by atomic mass is 14.5. The Kier molecular flexibility index (Phi) is 2.49. The fourth-order valence-electron chi connectivity index (χ4n) is 0.526. The Hall–Kier alpha value is -0.460. The van der Waals surface area contributed by atoms with Crippen molar-refractivity contribution in [1.82, 2.24) is 0 Å². The van der Waals surface area contributed by atoms with Crippen LogP contribution in [0.4, 0.5) is 0 Å². The summed E-state index contributed by atoms with van der Waals surface area (Å²) in [4.78, 5) is 0. The first-order valence-corrected chi connectivity index (χ1v) is 2.57. The van der Waals surface area contributed by atoms with E-state index in [1.807, 2.05) is 13.0 Å². The molecule has 0 heterocycles. The molecule has 0 aromatic rings. The van der Waals surface area contributed by atoms with E-state index in [9.17, 15) is 0 Å². The zero-order chi connectivity index (χ0) is 5.86. The summed E-state index contributed by atoms with van der Waals surface area (Å²) in [6.45, 7) is 6.12. The Labute approximate surface area is 45.2 Å². The van der Waals surface area contributed by atoms with Crippen LogP contribution in [0.3, 0.4) is 0 Å². The smallest absolute Gasteiger partial charge is 0.00109 e. The molecule has 0 unspecified atom stereocenters. The summed E-state index contributed by atoms with van der Waals surface area (Å²) in [7, 11) is 0. The molecule has 0 aromatic heterocycles. The molecule has 7 heavy (non-hydrogen) atoms. The monoisotopic (exact) mass is 99.1 g/mol. The van der Waals surface area contributed by atoms with Gasteiger partial charge in [0, 0.05) is 5.70 Å². The summed E-state index contributed by atoms with van der Waals surface area (Å²) >= 11 is 0. The summed E-state index contributed by atoms with van der Waals surface area (Å²) in [6, 6.07) is 0. The Morgan fingerprint density at radius 2 is 2.00 bits per heavy atom. The first-order chi connectivity index (χ1) is 3.13. The van der Waals surface area contributed by atoms with Crippen molar-refractivity contribution < 1.29 is 0 Å². The standard InChI is InChI=1S/C6H13N/c1-5(2)4-6(3)7/h4-5H,7H2,1-3H3/b6-4-. The predicted molar refractivity (Wildman–Crippen MR) is 32.8 cm³/mol. The second kappa shape index (κ2) is 2.67. The minimum atomic E-state index is 0.588. The molecular weight excluding hydrogens is 86.1 g/mol. The maximum atomic E-state index is 5.35. The van der Waals surface area contributed by atoms with E-state index < -0.39 is 0 Å². The van der Waals surface area contributed by atoms with Crippen LogP contribution in [0, 0.1) is 5.92 Å². The first-order valence-electron chi connectivity index (χ1n) is 2.57. The molecular formula is C6H13N. The van der Waals surface area contributed by atoms with E-state index in [4.69, 9.17) is 5.73 Å². The van der Waals surface area contributed by atoms with Gasteiger partial charge in [-0.15, -0.1) is 0 Å². The molecule has 0 radical (unpaired) electrons. The molecule has 0 spiro atoms. The molecule has 0 bridgehead atoms. The zero-order valence-electron chi connectivity index (χ0n) is 5.23. The number of allylic oxidation sites excluding steroid dienone is 2. The molecule has 0 atom stereocenters. The van der Waals surface area contributed by atoms with E-state index in [1.165, 1.54) is 0 Å². The molecule has 0 fully saturated rings.